The zero-order valence-corrected chi connectivity index (χ0v) is 9.42. The summed E-state index contributed by atoms with van der Waals surface area (Å²) in [5, 5.41) is 2.88. The molecule has 0 fully saturated rings. The van der Waals surface area contributed by atoms with Crippen molar-refractivity contribution >= 4 is 5.91 Å². The number of carbonyl (C=O) groups excluding carboxylic acids is 1. The van der Waals surface area contributed by atoms with E-state index in [2.05, 4.69) is 5.32 Å². The van der Waals surface area contributed by atoms with E-state index in [9.17, 15) is 4.79 Å². The summed E-state index contributed by atoms with van der Waals surface area (Å²) >= 11 is 0. The van der Waals surface area contributed by atoms with E-state index in [1.807, 2.05) is 32.9 Å². The summed E-state index contributed by atoms with van der Waals surface area (Å²) in [4.78, 5) is 11.6. The molecule has 0 rings (SSSR count). The maximum absolute atomic E-state index is 11.6. The number of allylic oxidation sites excluding steroid dienone is 1. The monoisotopic (exact) mass is 198 g/mol. The number of amides is 1. The smallest absolute Gasteiger partial charge is 0.224 e. The molecule has 0 aromatic rings. The van der Waals surface area contributed by atoms with Crippen LogP contribution in [0.4, 0.5) is 0 Å². The van der Waals surface area contributed by atoms with E-state index in [1.165, 1.54) is 0 Å². The van der Waals surface area contributed by atoms with E-state index in [0.717, 1.165) is 6.42 Å². The Morgan fingerprint density at radius 2 is 2.14 bits per heavy atom. The van der Waals surface area contributed by atoms with Crippen LogP contribution in [-0.2, 0) is 4.79 Å². The molecule has 82 valence electrons. The highest BCUT2D eigenvalue weighted by Gasteiger charge is 2.19. The number of hydrogen-bond acceptors (Lipinski definition) is 2. The van der Waals surface area contributed by atoms with E-state index in [4.69, 9.17) is 5.73 Å². The van der Waals surface area contributed by atoms with Crippen molar-refractivity contribution in [3.63, 3.8) is 0 Å². The first-order chi connectivity index (χ1) is 6.63. The molecular formula is C11H22N2O. The Balaban J connectivity index is 3.81. The summed E-state index contributed by atoms with van der Waals surface area (Å²) in [5.74, 6) is 0.328. The quantitative estimate of drug-likeness (QED) is 0.499. The molecule has 0 aliphatic carbocycles. The molecule has 3 nitrogen and oxygen atoms in total. The Hall–Kier alpha value is -0.830. The first-order valence-electron chi connectivity index (χ1n) is 5.22. The SMILES string of the molecule is C/C=C/CCNC(=O)C(CN)C(C)C. The second kappa shape index (κ2) is 7.56. The highest BCUT2D eigenvalue weighted by atomic mass is 16.1. The second-order valence-electron chi connectivity index (χ2n) is 3.73. The Morgan fingerprint density at radius 3 is 2.57 bits per heavy atom. The van der Waals surface area contributed by atoms with Gasteiger partial charge in [-0.2, -0.15) is 0 Å². The van der Waals surface area contributed by atoms with Crippen LogP contribution in [0.1, 0.15) is 27.2 Å². The van der Waals surface area contributed by atoms with Crippen molar-refractivity contribution in [2.45, 2.75) is 27.2 Å². The van der Waals surface area contributed by atoms with Gasteiger partial charge < -0.3 is 11.1 Å². The lowest BCUT2D eigenvalue weighted by Gasteiger charge is -2.17. The average Bonchev–Trinajstić information content (AvgIpc) is 2.13. The van der Waals surface area contributed by atoms with E-state index in [-0.39, 0.29) is 11.8 Å². The van der Waals surface area contributed by atoms with Gasteiger partial charge in [0.2, 0.25) is 5.91 Å². The predicted molar refractivity (Wildman–Crippen MR) is 59.8 cm³/mol. The normalized spacial score (nSPS) is 13.5. The lowest BCUT2D eigenvalue weighted by molar-refractivity contribution is -0.125. The summed E-state index contributed by atoms with van der Waals surface area (Å²) in [6.07, 6.45) is 4.90. The molecule has 0 radical (unpaired) electrons. The van der Waals surface area contributed by atoms with Crippen LogP contribution in [0.25, 0.3) is 0 Å². The summed E-state index contributed by atoms with van der Waals surface area (Å²) in [6.45, 7) is 7.13. The minimum absolute atomic E-state index is 0.0550. The van der Waals surface area contributed by atoms with Crippen LogP contribution in [0.15, 0.2) is 12.2 Å². The minimum atomic E-state index is -0.0550. The number of nitrogens with one attached hydrogen (secondary N) is 1. The van der Waals surface area contributed by atoms with Crippen molar-refractivity contribution in [1.82, 2.24) is 5.32 Å². The standard InChI is InChI=1S/C11H22N2O/c1-4-5-6-7-13-11(14)10(8-12)9(2)3/h4-5,9-10H,6-8,12H2,1-3H3,(H,13,14)/b5-4+. The van der Waals surface area contributed by atoms with Gasteiger partial charge >= 0.3 is 0 Å². The molecule has 0 saturated heterocycles. The van der Waals surface area contributed by atoms with Crippen molar-refractivity contribution < 1.29 is 4.79 Å². The van der Waals surface area contributed by atoms with Gasteiger partial charge in [-0.05, 0) is 19.3 Å². The third-order valence-corrected chi connectivity index (χ3v) is 2.24. The molecule has 0 spiro atoms. The lowest BCUT2D eigenvalue weighted by Crippen LogP contribution is -2.38. The molecule has 1 amide bonds. The molecule has 0 aliphatic rings. The summed E-state index contributed by atoms with van der Waals surface area (Å²) in [5.41, 5.74) is 5.53. The Kier molecular flexibility index (Phi) is 7.11. The van der Waals surface area contributed by atoms with Gasteiger partial charge in [0.15, 0.2) is 0 Å². The predicted octanol–water partition coefficient (Wildman–Crippen LogP) is 1.30. The molecule has 0 bridgehead atoms. The molecular weight excluding hydrogens is 176 g/mol. The van der Waals surface area contributed by atoms with Crippen molar-refractivity contribution in [2.75, 3.05) is 13.1 Å². The average molecular weight is 198 g/mol. The van der Waals surface area contributed by atoms with Gasteiger partial charge in [0.1, 0.15) is 0 Å². The van der Waals surface area contributed by atoms with Crippen molar-refractivity contribution in [2.24, 2.45) is 17.6 Å². The highest BCUT2D eigenvalue weighted by Crippen LogP contribution is 2.08. The van der Waals surface area contributed by atoms with Gasteiger partial charge in [0.05, 0.1) is 5.92 Å². The van der Waals surface area contributed by atoms with Crippen molar-refractivity contribution in [1.29, 1.82) is 0 Å². The van der Waals surface area contributed by atoms with E-state index < -0.39 is 0 Å². The molecule has 3 N–H and O–H groups in total. The van der Waals surface area contributed by atoms with Gasteiger partial charge in [0, 0.05) is 13.1 Å². The Labute approximate surface area is 86.8 Å². The number of hydrogen-bond donors (Lipinski definition) is 2. The van der Waals surface area contributed by atoms with Gasteiger partial charge in [-0.1, -0.05) is 26.0 Å². The maximum Gasteiger partial charge on any atom is 0.224 e. The van der Waals surface area contributed by atoms with Gasteiger partial charge in [0.25, 0.3) is 0 Å². The first-order valence-corrected chi connectivity index (χ1v) is 5.22. The van der Waals surface area contributed by atoms with Crippen LogP contribution < -0.4 is 11.1 Å². The molecule has 0 heterocycles. The zero-order valence-electron chi connectivity index (χ0n) is 9.42. The third-order valence-electron chi connectivity index (χ3n) is 2.24. The third kappa shape index (κ3) is 5.02. The number of nitrogens with two attached hydrogens (primary N) is 1. The molecule has 3 heteroatoms. The van der Waals surface area contributed by atoms with E-state index >= 15 is 0 Å². The van der Waals surface area contributed by atoms with E-state index in [1.54, 1.807) is 0 Å². The van der Waals surface area contributed by atoms with Crippen LogP contribution in [0.2, 0.25) is 0 Å². The van der Waals surface area contributed by atoms with Crippen LogP contribution in [0, 0.1) is 11.8 Å². The van der Waals surface area contributed by atoms with Crippen molar-refractivity contribution in [3.8, 4) is 0 Å². The molecule has 0 aliphatic heterocycles. The molecule has 0 aromatic carbocycles. The summed E-state index contributed by atoms with van der Waals surface area (Å²) in [6, 6.07) is 0. The first kappa shape index (κ1) is 13.2. The molecule has 0 aromatic heterocycles. The van der Waals surface area contributed by atoms with Crippen LogP contribution in [-0.4, -0.2) is 19.0 Å². The summed E-state index contributed by atoms with van der Waals surface area (Å²) < 4.78 is 0. The van der Waals surface area contributed by atoms with E-state index in [0.29, 0.717) is 19.0 Å². The van der Waals surface area contributed by atoms with Crippen LogP contribution >= 0.6 is 0 Å². The van der Waals surface area contributed by atoms with Crippen molar-refractivity contribution in [3.05, 3.63) is 12.2 Å². The van der Waals surface area contributed by atoms with Gasteiger partial charge in [-0.3, -0.25) is 4.79 Å². The highest BCUT2D eigenvalue weighted by molar-refractivity contribution is 5.79. The minimum Gasteiger partial charge on any atom is -0.356 e. The number of carbonyl (C=O) groups is 1. The fraction of sp³-hybridized carbons (Fsp3) is 0.727. The van der Waals surface area contributed by atoms with Gasteiger partial charge in [-0.15, -0.1) is 0 Å². The molecule has 0 saturated carbocycles. The largest absolute Gasteiger partial charge is 0.356 e. The Morgan fingerprint density at radius 1 is 1.50 bits per heavy atom. The summed E-state index contributed by atoms with van der Waals surface area (Å²) in [7, 11) is 0. The zero-order chi connectivity index (χ0) is 11.0. The second-order valence-corrected chi connectivity index (χ2v) is 3.73. The van der Waals surface area contributed by atoms with Crippen LogP contribution in [0.5, 0.6) is 0 Å². The molecule has 1 atom stereocenters. The van der Waals surface area contributed by atoms with Crippen LogP contribution in [0.3, 0.4) is 0 Å². The lowest BCUT2D eigenvalue weighted by atomic mass is 9.95. The molecule has 14 heavy (non-hydrogen) atoms. The fourth-order valence-electron chi connectivity index (χ4n) is 1.26. The maximum atomic E-state index is 11.6. The number of rotatable bonds is 6. The fourth-order valence-corrected chi connectivity index (χ4v) is 1.26. The Bertz CT molecular complexity index is 188. The topological polar surface area (TPSA) is 55.1 Å². The van der Waals surface area contributed by atoms with Gasteiger partial charge in [-0.25, -0.2) is 0 Å². The molecule has 1 unspecified atom stereocenters.